The molecule has 1 aromatic carbocycles. The molecule has 0 saturated carbocycles. The number of hydrogen-bond acceptors (Lipinski definition) is 5. The summed E-state index contributed by atoms with van der Waals surface area (Å²) in [6, 6.07) is 3.94. The molecule has 1 aliphatic rings. The molecule has 0 atom stereocenters. The fourth-order valence-corrected chi connectivity index (χ4v) is 3.90. The summed E-state index contributed by atoms with van der Waals surface area (Å²) in [6.45, 7) is 8.42. The third-order valence-corrected chi connectivity index (χ3v) is 5.46. The quantitative estimate of drug-likeness (QED) is 0.588. The van der Waals surface area contributed by atoms with Crippen molar-refractivity contribution in [2.75, 3.05) is 44.2 Å². The van der Waals surface area contributed by atoms with Crippen LogP contribution in [-0.4, -0.2) is 59.5 Å². The first-order valence-corrected chi connectivity index (χ1v) is 10.4. The lowest BCUT2D eigenvalue weighted by atomic mass is 10.1. The predicted molar refractivity (Wildman–Crippen MR) is 109 cm³/mol. The van der Waals surface area contributed by atoms with Gasteiger partial charge in [0.2, 0.25) is 5.13 Å². The van der Waals surface area contributed by atoms with Crippen LogP contribution in [0.2, 0.25) is 0 Å². The molecule has 1 saturated heterocycles. The van der Waals surface area contributed by atoms with E-state index in [0.717, 1.165) is 56.1 Å². The van der Waals surface area contributed by atoms with Crippen LogP contribution in [0.15, 0.2) is 23.2 Å². The molecule has 152 valence electrons. The fraction of sp³-hybridized carbons (Fsp3) is 0.526. The van der Waals surface area contributed by atoms with Crippen LogP contribution in [0.4, 0.5) is 13.9 Å². The number of aryl methyl sites for hydroxylation is 1. The number of hydrogen-bond donors (Lipinski definition) is 1. The highest BCUT2D eigenvalue weighted by molar-refractivity contribution is 7.09. The summed E-state index contributed by atoms with van der Waals surface area (Å²) in [5.41, 5.74) is 0.0925. The fourth-order valence-electron chi connectivity index (χ4n) is 3.10. The minimum atomic E-state index is -0.516. The molecule has 1 aliphatic heterocycles. The molecule has 0 spiro atoms. The van der Waals surface area contributed by atoms with E-state index >= 15 is 0 Å². The topological polar surface area (TPSA) is 56.7 Å². The number of guanidine groups is 1. The molecule has 3 rings (SSSR count). The van der Waals surface area contributed by atoms with Gasteiger partial charge in [-0.15, -0.1) is 0 Å². The molecule has 0 amide bonds. The van der Waals surface area contributed by atoms with Gasteiger partial charge in [-0.2, -0.15) is 4.37 Å². The Kier molecular flexibility index (Phi) is 7.13. The van der Waals surface area contributed by atoms with Gasteiger partial charge >= 0.3 is 0 Å². The number of halogens is 2. The smallest absolute Gasteiger partial charge is 0.205 e. The number of aromatic nitrogens is 2. The van der Waals surface area contributed by atoms with Crippen molar-refractivity contribution in [3.05, 3.63) is 41.2 Å². The maximum Gasteiger partial charge on any atom is 0.205 e. The highest BCUT2D eigenvalue weighted by Gasteiger charge is 2.22. The van der Waals surface area contributed by atoms with Gasteiger partial charge in [0.25, 0.3) is 0 Å². The van der Waals surface area contributed by atoms with Gasteiger partial charge in [0, 0.05) is 62.8 Å². The lowest BCUT2D eigenvalue weighted by Crippen LogP contribution is -2.52. The van der Waals surface area contributed by atoms with E-state index in [-0.39, 0.29) is 12.0 Å². The van der Waals surface area contributed by atoms with Gasteiger partial charge in [0.15, 0.2) is 5.96 Å². The molecule has 9 heteroatoms. The Hall–Kier alpha value is -2.29. The molecule has 28 heavy (non-hydrogen) atoms. The Bertz CT molecular complexity index is 781. The molecule has 0 unspecified atom stereocenters. The maximum absolute atomic E-state index is 13.8. The van der Waals surface area contributed by atoms with Crippen LogP contribution in [0.5, 0.6) is 0 Å². The van der Waals surface area contributed by atoms with Gasteiger partial charge in [0.05, 0.1) is 0 Å². The first kappa shape index (κ1) is 20.4. The van der Waals surface area contributed by atoms with E-state index in [1.165, 1.54) is 29.7 Å². The summed E-state index contributed by atoms with van der Waals surface area (Å²) in [5.74, 6) is 0.637. The van der Waals surface area contributed by atoms with Crippen molar-refractivity contribution in [3.8, 4) is 0 Å². The summed E-state index contributed by atoms with van der Waals surface area (Å²) in [7, 11) is 0. The predicted octanol–water partition coefficient (Wildman–Crippen LogP) is 2.71. The van der Waals surface area contributed by atoms with Crippen LogP contribution in [0.1, 0.15) is 25.2 Å². The molecule has 1 fully saturated rings. The third kappa shape index (κ3) is 4.95. The van der Waals surface area contributed by atoms with Crippen LogP contribution in [0, 0.1) is 11.6 Å². The maximum atomic E-state index is 13.8. The van der Waals surface area contributed by atoms with E-state index in [4.69, 9.17) is 0 Å². The van der Waals surface area contributed by atoms with Crippen molar-refractivity contribution in [1.29, 1.82) is 0 Å². The Labute approximate surface area is 168 Å². The van der Waals surface area contributed by atoms with E-state index in [2.05, 4.69) is 36.4 Å². The molecular weight excluding hydrogens is 382 g/mol. The number of nitrogens with zero attached hydrogens (tertiary/aromatic N) is 5. The van der Waals surface area contributed by atoms with Crippen LogP contribution in [0.25, 0.3) is 0 Å². The van der Waals surface area contributed by atoms with Gasteiger partial charge in [0.1, 0.15) is 17.5 Å². The number of anilines is 1. The van der Waals surface area contributed by atoms with E-state index in [9.17, 15) is 8.78 Å². The molecule has 0 radical (unpaired) electrons. The lowest BCUT2D eigenvalue weighted by molar-refractivity contribution is 0.372. The van der Waals surface area contributed by atoms with Crippen LogP contribution in [-0.2, 0) is 12.8 Å². The SMILES string of the molecule is CCNC(=NCCc1c(F)cccc1F)N1CCN(c2nc(CC)ns2)CC1. The average molecular weight is 409 g/mol. The Balaban J connectivity index is 1.59. The van der Waals surface area contributed by atoms with Gasteiger partial charge in [-0.1, -0.05) is 13.0 Å². The number of benzene rings is 1. The Morgan fingerprint density at radius 1 is 1.18 bits per heavy atom. The normalized spacial score (nSPS) is 15.2. The van der Waals surface area contributed by atoms with E-state index in [1.54, 1.807) is 0 Å². The molecule has 1 N–H and O–H groups in total. The number of rotatable bonds is 6. The zero-order chi connectivity index (χ0) is 19.9. The Morgan fingerprint density at radius 3 is 2.50 bits per heavy atom. The number of piperazine rings is 1. The van der Waals surface area contributed by atoms with Gasteiger partial charge in [-0.3, -0.25) is 4.99 Å². The molecule has 6 nitrogen and oxygen atoms in total. The summed E-state index contributed by atoms with van der Waals surface area (Å²) in [6.07, 6.45) is 1.08. The highest BCUT2D eigenvalue weighted by Crippen LogP contribution is 2.19. The number of aliphatic imine (C=N–C) groups is 1. The monoisotopic (exact) mass is 408 g/mol. The Morgan fingerprint density at radius 2 is 1.89 bits per heavy atom. The minimum Gasteiger partial charge on any atom is -0.357 e. The van der Waals surface area contributed by atoms with Gasteiger partial charge in [-0.05, 0) is 25.5 Å². The van der Waals surface area contributed by atoms with Crippen LogP contribution < -0.4 is 10.2 Å². The average Bonchev–Trinajstić information content (AvgIpc) is 3.19. The van der Waals surface area contributed by atoms with Gasteiger partial charge < -0.3 is 15.1 Å². The second-order valence-corrected chi connectivity index (χ2v) is 7.24. The van der Waals surface area contributed by atoms with Crippen molar-refractivity contribution in [2.24, 2.45) is 4.99 Å². The molecule has 1 aromatic heterocycles. The zero-order valence-corrected chi connectivity index (χ0v) is 17.1. The molecule has 2 heterocycles. The minimum absolute atomic E-state index is 0.0925. The van der Waals surface area contributed by atoms with E-state index in [1.807, 2.05) is 6.92 Å². The second kappa shape index (κ2) is 9.77. The van der Waals surface area contributed by atoms with Gasteiger partial charge in [-0.25, -0.2) is 13.8 Å². The van der Waals surface area contributed by atoms with E-state index in [0.29, 0.717) is 6.54 Å². The summed E-state index contributed by atoms with van der Waals surface area (Å²) >= 11 is 1.44. The molecule has 2 aromatic rings. The first-order chi connectivity index (χ1) is 13.6. The van der Waals surface area contributed by atoms with Crippen molar-refractivity contribution in [1.82, 2.24) is 19.6 Å². The molecule has 0 aliphatic carbocycles. The third-order valence-electron chi connectivity index (χ3n) is 4.64. The summed E-state index contributed by atoms with van der Waals surface area (Å²) in [4.78, 5) is 13.6. The van der Waals surface area contributed by atoms with E-state index < -0.39 is 11.6 Å². The molecular formula is C19H26F2N6S. The molecule has 0 bridgehead atoms. The van der Waals surface area contributed by atoms with Crippen LogP contribution in [0.3, 0.4) is 0 Å². The zero-order valence-electron chi connectivity index (χ0n) is 16.3. The summed E-state index contributed by atoms with van der Waals surface area (Å²) < 4.78 is 31.9. The largest absolute Gasteiger partial charge is 0.357 e. The van der Waals surface area contributed by atoms with Crippen molar-refractivity contribution >= 4 is 22.6 Å². The highest BCUT2D eigenvalue weighted by atomic mass is 32.1. The first-order valence-electron chi connectivity index (χ1n) is 9.66. The standard InChI is InChI=1S/C19H26F2N6S/c1-3-17-24-19(28-25-17)27-12-10-26(11-13-27)18(22-4-2)23-9-8-14-15(20)6-5-7-16(14)21/h5-7H,3-4,8-13H2,1-2H3,(H,22,23). The van der Waals surface area contributed by atoms with Crippen LogP contribution >= 0.6 is 11.5 Å². The summed E-state index contributed by atoms with van der Waals surface area (Å²) in [5, 5.41) is 4.25. The van der Waals surface area contributed by atoms with Crippen molar-refractivity contribution in [2.45, 2.75) is 26.7 Å². The van der Waals surface area contributed by atoms with Crippen molar-refractivity contribution < 1.29 is 8.78 Å². The second-order valence-electron chi connectivity index (χ2n) is 6.51. The lowest BCUT2D eigenvalue weighted by Gasteiger charge is -2.36. The number of nitrogens with one attached hydrogen (secondary N) is 1. The van der Waals surface area contributed by atoms with Crippen molar-refractivity contribution in [3.63, 3.8) is 0 Å².